The summed E-state index contributed by atoms with van der Waals surface area (Å²) in [5, 5.41) is 0. The summed E-state index contributed by atoms with van der Waals surface area (Å²) >= 11 is 0. The molecule has 0 aromatic carbocycles. The first-order valence-corrected chi connectivity index (χ1v) is 5.49. The molecule has 13 heavy (non-hydrogen) atoms. The Morgan fingerprint density at radius 1 is 1.38 bits per heavy atom. The Balaban J connectivity index is 2.17. The molecule has 2 nitrogen and oxygen atoms in total. The molecule has 2 fully saturated rings. The molecule has 1 saturated heterocycles. The number of rotatable bonds is 0. The Bertz CT molecular complexity index is 191. The van der Waals surface area contributed by atoms with E-state index >= 15 is 0 Å². The maximum atomic E-state index is 5.75. The second-order valence-electron chi connectivity index (χ2n) is 4.84. The molecule has 1 heterocycles. The fourth-order valence-electron chi connectivity index (χ4n) is 2.90. The van der Waals surface area contributed by atoms with Gasteiger partial charge < -0.3 is 4.74 Å². The van der Waals surface area contributed by atoms with E-state index in [9.17, 15) is 0 Å². The van der Waals surface area contributed by atoms with Crippen LogP contribution in [0.25, 0.3) is 0 Å². The molecule has 1 saturated carbocycles. The zero-order valence-corrected chi connectivity index (χ0v) is 9.05. The van der Waals surface area contributed by atoms with Gasteiger partial charge in [0.15, 0.2) is 0 Å². The van der Waals surface area contributed by atoms with Crippen molar-refractivity contribution in [2.24, 2.45) is 5.92 Å². The standard InChI is InChI=1S/C11H21NO/c1-9-12(3)11(2)7-5-4-6-10(11)8-13-9/h9-10H,4-8H2,1-3H3/t9-,10+,11+/m0/s1. The summed E-state index contributed by atoms with van der Waals surface area (Å²) in [5.41, 5.74) is 0.413. The van der Waals surface area contributed by atoms with E-state index in [0.29, 0.717) is 11.8 Å². The second-order valence-corrected chi connectivity index (χ2v) is 4.84. The van der Waals surface area contributed by atoms with E-state index in [4.69, 9.17) is 4.74 Å². The van der Waals surface area contributed by atoms with Crippen LogP contribution in [0.1, 0.15) is 39.5 Å². The first kappa shape index (κ1) is 9.47. The van der Waals surface area contributed by atoms with Crippen LogP contribution in [0.3, 0.4) is 0 Å². The van der Waals surface area contributed by atoms with Gasteiger partial charge in [0, 0.05) is 11.5 Å². The molecule has 2 aliphatic rings. The van der Waals surface area contributed by atoms with E-state index in [-0.39, 0.29) is 0 Å². The van der Waals surface area contributed by atoms with Gasteiger partial charge in [0.25, 0.3) is 0 Å². The maximum Gasteiger partial charge on any atom is 0.107 e. The summed E-state index contributed by atoms with van der Waals surface area (Å²) in [5.74, 6) is 0.766. The van der Waals surface area contributed by atoms with E-state index in [2.05, 4.69) is 25.8 Å². The quantitative estimate of drug-likeness (QED) is 0.571. The van der Waals surface area contributed by atoms with Crippen LogP contribution in [0.4, 0.5) is 0 Å². The molecule has 0 amide bonds. The third kappa shape index (κ3) is 1.40. The minimum absolute atomic E-state index is 0.305. The number of nitrogens with zero attached hydrogens (tertiary/aromatic N) is 1. The molecule has 1 aliphatic carbocycles. The topological polar surface area (TPSA) is 12.5 Å². The van der Waals surface area contributed by atoms with Crippen molar-refractivity contribution in [3.8, 4) is 0 Å². The van der Waals surface area contributed by atoms with Crippen LogP contribution in [0.15, 0.2) is 0 Å². The minimum atomic E-state index is 0.305. The van der Waals surface area contributed by atoms with Crippen molar-refractivity contribution in [2.45, 2.75) is 51.3 Å². The third-order valence-electron chi connectivity index (χ3n) is 4.25. The van der Waals surface area contributed by atoms with Gasteiger partial charge in [-0.2, -0.15) is 0 Å². The van der Waals surface area contributed by atoms with Crippen molar-refractivity contribution in [3.05, 3.63) is 0 Å². The highest BCUT2D eigenvalue weighted by Gasteiger charge is 2.44. The Labute approximate surface area is 81.3 Å². The van der Waals surface area contributed by atoms with Gasteiger partial charge in [0.1, 0.15) is 6.23 Å². The molecule has 0 unspecified atom stereocenters. The molecule has 0 bridgehead atoms. The van der Waals surface area contributed by atoms with Gasteiger partial charge in [-0.25, -0.2) is 0 Å². The van der Waals surface area contributed by atoms with E-state index in [1.165, 1.54) is 25.7 Å². The molecule has 3 atom stereocenters. The monoisotopic (exact) mass is 183 g/mol. The predicted molar refractivity (Wildman–Crippen MR) is 53.5 cm³/mol. The lowest BCUT2D eigenvalue weighted by Crippen LogP contribution is -2.60. The minimum Gasteiger partial charge on any atom is -0.363 e. The molecule has 2 heteroatoms. The fourth-order valence-corrected chi connectivity index (χ4v) is 2.90. The van der Waals surface area contributed by atoms with Gasteiger partial charge >= 0.3 is 0 Å². The lowest BCUT2D eigenvalue weighted by Gasteiger charge is -2.53. The molecule has 0 radical (unpaired) electrons. The Hall–Kier alpha value is -0.0800. The summed E-state index contributed by atoms with van der Waals surface area (Å²) in [6.07, 6.45) is 5.80. The van der Waals surface area contributed by atoms with Crippen LogP contribution in [-0.4, -0.2) is 30.3 Å². The van der Waals surface area contributed by atoms with Crippen LogP contribution in [0, 0.1) is 5.92 Å². The zero-order valence-electron chi connectivity index (χ0n) is 9.05. The second kappa shape index (κ2) is 3.25. The van der Waals surface area contributed by atoms with Crippen LogP contribution in [0.2, 0.25) is 0 Å². The van der Waals surface area contributed by atoms with Crippen molar-refractivity contribution in [2.75, 3.05) is 13.7 Å². The van der Waals surface area contributed by atoms with Gasteiger partial charge in [-0.15, -0.1) is 0 Å². The van der Waals surface area contributed by atoms with Crippen LogP contribution < -0.4 is 0 Å². The smallest absolute Gasteiger partial charge is 0.107 e. The lowest BCUT2D eigenvalue weighted by atomic mass is 9.72. The van der Waals surface area contributed by atoms with Crippen molar-refractivity contribution in [1.82, 2.24) is 4.90 Å². The van der Waals surface area contributed by atoms with E-state index in [1.807, 2.05) is 0 Å². The molecule has 0 aromatic heterocycles. The highest BCUT2D eigenvalue weighted by Crippen LogP contribution is 2.41. The summed E-state index contributed by atoms with van der Waals surface area (Å²) in [4.78, 5) is 2.43. The average Bonchev–Trinajstić information content (AvgIpc) is 2.13. The van der Waals surface area contributed by atoms with Gasteiger partial charge in [0.2, 0.25) is 0 Å². The maximum absolute atomic E-state index is 5.75. The molecule has 0 N–H and O–H groups in total. The molecule has 1 aliphatic heterocycles. The first-order chi connectivity index (χ1) is 6.14. The number of hydrogen-bond donors (Lipinski definition) is 0. The molecular formula is C11H21NO. The summed E-state index contributed by atoms with van der Waals surface area (Å²) in [6.45, 7) is 5.55. The number of hydrogen-bond acceptors (Lipinski definition) is 2. The molecule has 0 spiro atoms. The van der Waals surface area contributed by atoms with Gasteiger partial charge in [-0.1, -0.05) is 12.8 Å². The Morgan fingerprint density at radius 2 is 2.15 bits per heavy atom. The average molecular weight is 183 g/mol. The summed E-state index contributed by atoms with van der Waals surface area (Å²) < 4.78 is 5.75. The van der Waals surface area contributed by atoms with E-state index in [0.717, 1.165) is 12.5 Å². The zero-order chi connectivity index (χ0) is 9.47. The van der Waals surface area contributed by atoms with E-state index in [1.54, 1.807) is 0 Å². The van der Waals surface area contributed by atoms with Gasteiger partial charge in [-0.05, 0) is 33.7 Å². The first-order valence-electron chi connectivity index (χ1n) is 5.49. The normalized spacial score (nSPS) is 47.3. The van der Waals surface area contributed by atoms with Crippen LogP contribution >= 0.6 is 0 Å². The van der Waals surface area contributed by atoms with Crippen molar-refractivity contribution in [3.63, 3.8) is 0 Å². The number of ether oxygens (including phenoxy) is 1. The van der Waals surface area contributed by atoms with Crippen molar-refractivity contribution in [1.29, 1.82) is 0 Å². The highest BCUT2D eigenvalue weighted by molar-refractivity contribution is 4.97. The summed E-state index contributed by atoms with van der Waals surface area (Å²) in [7, 11) is 2.21. The predicted octanol–water partition coefficient (Wildman–Crippen LogP) is 2.24. The van der Waals surface area contributed by atoms with Crippen LogP contribution in [-0.2, 0) is 4.74 Å². The van der Waals surface area contributed by atoms with Gasteiger partial charge in [-0.3, -0.25) is 4.90 Å². The Morgan fingerprint density at radius 3 is 2.92 bits per heavy atom. The third-order valence-corrected chi connectivity index (χ3v) is 4.25. The number of fused-ring (bicyclic) bond motifs is 1. The van der Waals surface area contributed by atoms with Crippen molar-refractivity contribution < 1.29 is 4.74 Å². The molecular weight excluding hydrogens is 162 g/mol. The summed E-state index contributed by atoms with van der Waals surface area (Å²) in [6, 6.07) is 0. The largest absolute Gasteiger partial charge is 0.363 e. The van der Waals surface area contributed by atoms with E-state index < -0.39 is 0 Å². The highest BCUT2D eigenvalue weighted by atomic mass is 16.5. The van der Waals surface area contributed by atoms with Crippen molar-refractivity contribution >= 4 is 0 Å². The lowest BCUT2D eigenvalue weighted by molar-refractivity contribution is -0.178. The Kier molecular flexibility index (Phi) is 2.37. The SMILES string of the molecule is C[C@@H]1OC[C@H]2CCCC[C@@]2(C)N1C. The molecule has 0 aromatic rings. The fraction of sp³-hybridized carbons (Fsp3) is 1.00. The molecule has 2 rings (SSSR count). The van der Waals surface area contributed by atoms with Gasteiger partial charge in [0.05, 0.1) is 6.61 Å². The van der Waals surface area contributed by atoms with Crippen LogP contribution in [0.5, 0.6) is 0 Å². The molecule has 76 valence electrons.